The highest BCUT2D eigenvalue weighted by Crippen LogP contribution is 2.37. The van der Waals surface area contributed by atoms with Gasteiger partial charge in [0.1, 0.15) is 0 Å². The van der Waals surface area contributed by atoms with Crippen molar-refractivity contribution in [1.82, 2.24) is 24.8 Å². The monoisotopic (exact) mass is 349 g/mol. The smallest absolute Gasteiger partial charge is 0.169 e. The second kappa shape index (κ2) is 6.64. The van der Waals surface area contributed by atoms with E-state index in [4.69, 9.17) is 12.2 Å². The number of hydrogen-bond acceptors (Lipinski definition) is 3. The molecule has 0 radical (unpaired) electrons. The molecule has 0 aliphatic carbocycles. The Morgan fingerprint density at radius 2 is 1.84 bits per heavy atom. The van der Waals surface area contributed by atoms with Crippen molar-refractivity contribution in [2.24, 2.45) is 0 Å². The summed E-state index contributed by atoms with van der Waals surface area (Å²) in [6.45, 7) is 0.731. The van der Waals surface area contributed by atoms with Gasteiger partial charge in [0, 0.05) is 31.3 Å². The van der Waals surface area contributed by atoms with Crippen molar-refractivity contribution < 1.29 is 0 Å². The first-order valence-corrected chi connectivity index (χ1v) is 8.64. The summed E-state index contributed by atoms with van der Waals surface area (Å²) in [6.07, 6.45) is 5.74. The predicted molar refractivity (Wildman–Crippen MR) is 101 cm³/mol. The van der Waals surface area contributed by atoms with Crippen LogP contribution in [0.2, 0.25) is 0 Å². The van der Waals surface area contributed by atoms with Gasteiger partial charge in [-0.1, -0.05) is 12.1 Å². The highest BCUT2D eigenvalue weighted by atomic mass is 32.1. The van der Waals surface area contributed by atoms with Gasteiger partial charge < -0.3 is 14.8 Å². The Labute approximate surface area is 152 Å². The summed E-state index contributed by atoms with van der Waals surface area (Å²) in [7, 11) is 2.03. The molecule has 0 saturated carbocycles. The summed E-state index contributed by atoms with van der Waals surface area (Å²) < 4.78 is 2.23. The van der Waals surface area contributed by atoms with Gasteiger partial charge >= 0.3 is 0 Å². The quantitative estimate of drug-likeness (QED) is 0.734. The Hall–Kier alpha value is -2.73. The predicted octanol–water partition coefficient (Wildman–Crippen LogP) is 2.93. The van der Waals surface area contributed by atoms with E-state index in [1.807, 2.05) is 55.8 Å². The summed E-state index contributed by atoms with van der Waals surface area (Å²) in [6, 6.07) is 16.3. The molecule has 0 aromatic carbocycles. The summed E-state index contributed by atoms with van der Waals surface area (Å²) >= 11 is 5.51. The van der Waals surface area contributed by atoms with Crippen molar-refractivity contribution in [1.29, 1.82) is 0 Å². The van der Waals surface area contributed by atoms with Crippen molar-refractivity contribution in [3.05, 3.63) is 84.2 Å². The molecule has 1 aliphatic rings. The van der Waals surface area contributed by atoms with Crippen LogP contribution in [0.3, 0.4) is 0 Å². The number of aromatic nitrogens is 3. The maximum Gasteiger partial charge on any atom is 0.169 e. The van der Waals surface area contributed by atoms with Crippen LogP contribution in [0, 0.1) is 0 Å². The van der Waals surface area contributed by atoms with Gasteiger partial charge in [0.2, 0.25) is 0 Å². The van der Waals surface area contributed by atoms with Crippen molar-refractivity contribution in [3.63, 3.8) is 0 Å². The zero-order chi connectivity index (χ0) is 17.2. The Morgan fingerprint density at radius 1 is 1.04 bits per heavy atom. The third-order valence-electron chi connectivity index (χ3n) is 4.56. The van der Waals surface area contributed by atoms with Crippen LogP contribution in [0.4, 0.5) is 0 Å². The SMILES string of the molecule is CN1C(=S)N[C@@H](c2ccccn2)[C@@H]1c1cccn1Cc1ccccn1. The van der Waals surface area contributed by atoms with Gasteiger partial charge in [-0.15, -0.1) is 0 Å². The molecule has 4 heterocycles. The number of hydrogen-bond donors (Lipinski definition) is 1. The van der Waals surface area contributed by atoms with Gasteiger partial charge in [0.05, 0.1) is 30.0 Å². The molecule has 1 aliphatic heterocycles. The van der Waals surface area contributed by atoms with Crippen molar-refractivity contribution in [3.8, 4) is 0 Å². The van der Waals surface area contributed by atoms with E-state index in [0.717, 1.165) is 23.0 Å². The molecule has 2 atom stereocenters. The van der Waals surface area contributed by atoms with E-state index in [9.17, 15) is 0 Å². The van der Waals surface area contributed by atoms with Crippen LogP contribution >= 0.6 is 12.2 Å². The fraction of sp³-hybridized carbons (Fsp3) is 0.211. The van der Waals surface area contributed by atoms with Gasteiger partial charge in [0.25, 0.3) is 0 Å². The Kier molecular flexibility index (Phi) is 4.19. The molecule has 4 rings (SSSR count). The number of rotatable bonds is 4. The normalized spacial score (nSPS) is 19.9. The average Bonchev–Trinajstić information content (AvgIpc) is 3.21. The lowest BCUT2D eigenvalue weighted by Crippen LogP contribution is -2.26. The highest BCUT2D eigenvalue weighted by molar-refractivity contribution is 7.80. The van der Waals surface area contributed by atoms with Crippen molar-refractivity contribution in [2.45, 2.75) is 18.6 Å². The molecule has 0 bridgehead atoms. The molecule has 6 heteroatoms. The van der Waals surface area contributed by atoms with E-state index in [1.54, 1.807) is 0 Å². The van der Waals surface area contributed by atoms with E-state index >= 15 is 0 Å². The van der Waals surface area contributed by atoms with Crippen LogP contribution < -0.4 is 5.32 Å². The summed E-state index contributed by atoms with van der Waals surface area (Å²) in [5.74, 6) is 0. The van der Waals surface area contributed by atoms with Gasteiger partial charge in [-0.3, -0.25) is 9.97 Å². The molecule has 0 amide bonds. The minimum Gasteiger partial charge on any atom is -0.352 e. The van der Waals surface area contributed by atoms with E-state index < -0.39 is 0 Å². The molecule has 1 N–H and O–H groups in total. The molecule has 3 aromatic heterocycles. The number of pyridine rings is 2. The molecule has 1 fully saturated rings. The minimum absolute atomic E-state index is 0.0242. The summed E-state index contributed by atoms with van der Waals surface area (Å²) in [5.41, 5.74) is 3.21. The topological polar surface area (TPSA) is 46.0 Å². The molecule has 1 saturated heterocycles. The first-order valence-electron chi connectivity index (χ1n) is 8.23. The summed E-state index contributed by atoms with van der Waals surface area (Å²) in [4.78, 5) is 11.1. The molecule has 3 aromatic rings. The van der Waals surface area contributed by atoms with Crippen LogP contribution in [0.1, 0.15) is 29.2 Å². The molecule has 126 valence electrons. The number of thiocarbonyl (C=S) groups is 1. The van der Waals surface area contributed by atoms with Crippen LogP contribution in [0.15, 0.2) is 67.1 Å². The molecule has 0 unspecified atom stereocenters. The fourth-order valence-electron chi connectivity index (χ4n) is 3.33. The Morgan fingerprint density at radius 3 is 2.56 bits per heavy atom. The zero-order valence-corrected chi connectivity index (χ0v) is 14.7. The lowest BCUT2D eigenvalue weighted by molar-refractivity contribution is 0.350. The minimum atomic E-state index is 0.0242. The zero-order valence-electron chi connectivity index (χ0n) is 13.9. The Balaban J connectivity index is 1.70. The molecule has 25 heavy (non-hydrogen) atoms. The fourth-order valence-corrected chi connectivity index (χ4v) is 3.58. The number of likely N-dealkylation sites (N-methyl/N-ethyl adjacent to an activating group) is 1. The van der Waals surface area contributed by atoms with Gasteiger partial charge in [0.15, 0.2) is 5.11 Å². The van der Waals surface area contributed by atoms with Gasteiger partial charge in [-0.2, -0.15) is 0 Å². The first kappa shape index (κ1) is 15.8. The number of nitrogens with one attached hydrogen (secondary N) is 1. The van der Waals surface area contributed by atoms with Crippen LogP contribution in [-0.4, -0.2) is 31.6 Å². The molecular formula is C19H19N5S. The van der Waals surface area contributed by atoms with E-state index in [0.29, 0.717) is 0 Å². The highest BCUT2D eigenvalue weighted by Gasteiger charge is 2.39. The van der Waals surface area contributed by atoms with Gasteiger partial charge in [-0.05, 0) is 48.6 Å². The molecular weight excluding hydrogens is 330 g/mol. The molecule has 5 nitrogen and oxygen atoms in total. The standard InChI is InChI=1S/C19H19N5S/c1-23-18(17(22-19(23)25)15-8-3-5-11-21-15)16-9-6-12-24(16)13-14-7-2-4-10-20-14/h2-12,17-18H,13H2,1H3,(H,22,25)/t17-,18-/m0/s1. The number of nitrogens with zero attached hydrogens (tertiary/aromatic N) is 4. The lowest BCUT2D eigenvalue weighted by Gasteiger charge is -2.25. The lowest BCUT2D eigenvalue weighted by atomic mass is 10.0. The third-order valence-corrected chi connectivity index (χ3v) is 4.97. The second-order valence-corrected chi connectivity index (χ2v) is 6.51. The van der Waals surface area contributed by atoms with Crippen molar-refractivity contribution >= 4 is 17.3 Å². The maximum absolute atomic E-state index is 5.51. The van der Waals surface area contributed by atoms with Crippen molar-refractivity contribution in [2.75, 3.05) is 7.05 Å². The third kappa shape index (κ3) is 3.00. The Bertz CT molecular complexity index is 862. The first-order chi connectivity index (χ1) is 12.2. The average molecular weight is 349 g/mol. The van der Waals surface area contributed by atoms with Crippen LogP contribution in [0.25, 0.3) is 0 Å². The van der Waals surface area contributed by atoms with E-state index in [1.165, 1.54) is 5.69 Å². The van der Waals surface area contributed by atoms with Crippen LogP contribution in [0.5, 0.6) is 0 Å². The maximum atomic E-state index is 5.51. The van der Waals surface area contributed by atoms with Crippen LogP contribution in [-0.2, 0) is 6.54 Å². The summed E-state index contributed by atoms with van der Waals surface area (Å²) in [5, 5.41) is 4.16. The van der Waals surface area contributed by atoms with E-state index in [2.05, 4.69) is 43.1 Å². The largest absolute Gasteiger partial charge is 0.352 e. The second-order valence-electron chi connectivity index (χ2n) is 6.12. The molecule has 0 spiro atoms. The van der Waals surface area contributed by atoms with Gasteiger partial charge in [-0.25, -0.2) is 0 Å². The van der Waals surface area contributed by atoms with E-state index in [-0.39, 0.29) is 12.1 Å².